The molecule has 3 heterocycles. The van der Waals surface area contributed by atoms with E-state index in [4.69, 9.17) is 23.2 Å². The van der Waals surface area contributed by atoms with Gasteiger partial charge in [-0.15, -0.1) is 0 Å². The van der Waals surface area contributed by atoms with Crippen LogP contribution in [0.4, 0.5) is 5.69 Å². The first-order chi connectivity index (χ1) is 16.9. The van der Waals surface area contributed by atoms with Crippen LogP contribution in [0.1, 0.15) is 27.5 Å². The molecule has 0 N–H and O–H groups in total. The topological polar surface area (TPSA) is 57.7 Å². The number of nitrogens with zero attached hydrogens (tertiary/aromatic N) is 2. The second-order valence-corrected chi connectivity index (χ2v) is 10.6. The fourth-order valence-electron chi connectivity index (χ4n) is 5.55. The Hall–Kier alpha value is -2.93. The normalized spacial score (nSPS) is 24.4. The number of fused-ring (bicyclic) bond motifs is 5. The number of anilines is 1. The number of rotatable bonds is 3. The van der Waals surface area contributed by atoms with Gasteiger partial charge in [-0.05, 0) is 59.7 Å². The van der Waals surface area contributed by atoms with Crippen molar-refractivity contribution in [3.8, 4) is 0 Å². The molecular weight excluding hydrogens is 551 g/mol. The maximum atomic E-state index is 13.9. The van der Waals surface area contributed by atoms with Gasteiger partial charge in [-0.3, -0.25) is 14.4 Å². The molecule has 6 rings (SSSR count). The van der Waals surface area contributed by atoms with E-state index in [-0.39, 0.29) is 28.2 Å². The van der Waals surface area contributed by atoms with E-state index < -0.39 is 23.9 Å². The molecule has 0 saturated carbocycles. The molecule has 5 nitrogen and oxygen atoms in total. The van der Waals surface area contributed by atoms with Crippen LogP contribution in [-0.4, -0.2) is 28.5 Å². The zero-order chi connectivity index (χ0) is 24.4. The second kappa shape index (κ2) is 8.33. The number of hydrogen-bond donors (Lipinski definition) is 0. The van der Waals surface area contributed by atoms with Crippen LogP contribution in [0, 0.1) is 11.8 Å². The Morgan fingerprint density at radius 1 is 0.886 bits per heavy atom. The Bertz CT molecular complexity index is 1440. The molecule has 174 valence electrons. The molecular formula is C27H17BrCl2N2O3. The third-order valence-corrected chi connectivity index (χ3v) is 8.09. The number of carbonyl (C=O) groups excluding carboxylic acids is 3. The number of ketones is 1. The van der Waals surface area contributed by atoms with Crippen molar-refractivity contribution in [3.05, 3.63) is 104 Å². The highest BCUT2D eigenvalue weighted by atomic mass is 79.9. The third kappa shape index (κ3) is 3.39. The highest BCUT2D eigenvalue weighted by Crippen LogP contribution is 2.54. The Kier molecular flexibility index (Phi) is 5.36. The standard InChI is InChI=1S/C27H17BrCl2N2O3/c28-15-5-8-17(9-6-15)32-26(34)21-22(27(32)35)24(25(33)19-10-7-16(29)13-20(19)30)31-12-11-14-3-1-2-4-18(14)23(21)31/h1-13,21-24H/t21-,22+,23+,24-/m0/s1. The van der Waals surface area contributed by atoms with Gasteiger partial charge in [0.25, 0.3) is 0 Å². The molecule has 0 aliphatic carbocycles. The van der Waals surface area contributed by atoms with Crippen molar-refractivity contribution in [2.24, 2.45) is 11.8 Å². The van der Waals surface area contributed by atoms with Crippen molar-refractivity contribution in [3.63, 3.8) is 0 Å². The largest absolute Gasteiger partial charge is 0.358 e. The minimum atomic E-state index is -0.884. The Morgan fingerprint density at radius 2 is 1.60 bits per heavy atom. The Labute approximate surface area is 220 Å². The molecule has 3 aromatic rings. The average molecular weight is 568 g/mol. The van der Waals surface area contributed by atoms with E-state index in [2.05, 4.69) is 15.9 Å². The minimum absolute atomic E-state index is 0.213. The van der Waals surface area contributed by atoms with Crippen LogP contribution in [0.2, 0.25) is 10.0 Å². The highest BCUT2D eigenvalue weighted by Gasteiger charge is 2.64. The molecule has 3 aromatic carbocycles. The van der Waals surface area contributed by atoms with E-state index in [0.717, 1.165) is 15.6 Å². The van der Waals surface area contributed by atoms with Crippen molar-refractivity contribution in [1.29, 1.82) is 0 Å². The van der Waals surface area contributed by atoms with Crippen LogP contribution >= 0.6 is 39.1 Å². The van der Waals surface area contributed by atoms with Gasteiger partial charge < -0.3 is 4.90 Å². The van der Waals surface area contributed by atoms with Crippen LogP contribution in [0.15, 0.2) is 77.4 Å². The van der Waals surface area contributed by atoms with Crippen LogP contribution in [0.5, 0.6) is 0 Å². The van der Waals surface area contributed by atoms with Crippen molar-refractivity contribution in [2.45, 2.75) is 12.1 Å². The number of hydrogen-bond acceptors (Lipinski definition) is 4. The molecule has 8 heteroatoms. The van der Waals surface area contributed by atoms with Crippen molar-refractivity contribution < 1.29 is 14.4 Å². The van der Waals surface area contributed by atoms with E-state index in [9.17, 15) is 14.4 Å². The number of Topliss-reactive ketones (excluding diaryl/α,β-unsaturated/α-hetero) is 1. The number of benzene rings is 3. The lowest BCUT2D eigenvalue weighted by Gasteiger charge is -2.35. The summed E-state index contributed by atoms with van der Waals surface area (Å²) in [6.45, 7) is 0. The minimum Gasteiger partial charge on any atom is -0.358 e. The zero-order valence-corrected chi connectivity index (χ0v) is 21.2. The summed E-state index contributed by atoms with van der Waals surface area (Å²) in [4.78, 5) is 44.7. The van der Waals surface area contributed by atoms with E-state index in [1.165, 1.54) is 11.0 Å². The Morgan fingerprint density at radius 3 is 2.34 bits per heavy atom. The summed E-state index contributed by atoms with van der Waals surface area (Å²) in [5.74, 6) is -2.57. The van der Waals surface area contributed by atoms with E-state index in [1.54, 1.807) is 36.4 Å². The Balaban J connectivity index is 1.50. The molecule has 0 spiro atoms. The molecule has 0 bridgehead atoms. The zero-order valence-electron chi connectivity index (χ0n) is 18.1. The van der Waals surface area contributed by atoms with E-state index in [0.29, 0.717) is 10.7 Å². The molecule has 0 radical (unpaired) electrons. The van der Waals surface area contributed by atoms with Gasteiger partial charge in [0.15, 0.2) is 5.78 Å². The number of carbonyl (C=O) groups is 3. The third-order valence-electron chi connectivity index (χ3n) is 7.01. The lowest BCUT2D eigenvalue weighted by Crippen LogP contribution is -2.44. The van der Waals surface area contributed by atoms with Gasteiger partial charge >= 0.3 is 0 Å². The van der Waals surface area contributed by atoms with Gasteiger partial charge in [0.2, 0.25) is 11.8 Å². The maximum absolute atomic E-state index is 13.9. The summed E-state index contributed by atoms with van der Waals surface area (Å²) in [5, 5.41) is 0.625. The first kappa shape index (κ1) is 22.5. The lowest BCUT2D eigenvalue weighted by molar-refractivity contribution is -0.123. The first-order valence-electron chi connectivity index (χ1n) is 11.0. The molecule has 3 aliphatic rings. The first-order valence-corrected chi connectivity index (χ1v) is 12.6. The van der Waals surface area contributed by atoms with E-state index in [1.807, 2.05) is 41.4 Å². The summed E-state index contributed by atoms with van der Waals surface area (Å²) in [7, 11) is 0. The van der Waals surface area contributed by atoms with Gasteiger partial charge in [0.1, 0.15) is 6.04 Å². The van der Waals surface area contributed by atoms with Crippen LogP contribution < -0.4 is 4.90 Å². The van der Waals surface area contributed by atoms with Crippen molar-refractivity contribution in [2.75, 3.05) is 4.90 Å². The van der Waals surface area contributed by atoms with Gasteiger partial charge in [-0.1, -0.05) is 63.4 Å². The predicted molar refractivity (Wildman–Crippen MR) is 138 cm³/mol. The molecule has 2 fully saturated rings. The molecule has 3 aliphatic heterocycles. The summed E-state index contributed by atoms with van der Waals surface area (Å²) in [6, 6.07) is 18.1. The molecule has 0 aromatic heterocycles. The quantitative estimate of drug-likeness (QED) is 0.281. The summed E-state index contributed by atoms with van der Waals surface area (Å²) in [5.41, 5.74) is 2.64. The highest BCUT2D eigenvalue weighted by molar-refractivity contribution is 9.10. The van der Waals surface area contributed by atoms with Crippen molar-refractivity contribution >= 4 is 68.5 Å². The van der Waals surface area contributed by atoms with Crippen LogP contribution in [0.3, 0.4) is 0 Å². The predicted octanol–water partition coefficient (Wildman–Crippen LogP) is 6.15. The van der Waals surface area contributed by atoms with Gasteiger partial charge in [-0.25, -0.2) is 4.90 Å². The number of halogens is 3. The fraction of sp³-hybridized carbons (Fsp3) is 0.148. The van der Waals surface area contributed by atoms with E-state index >= 15 is 0 Å². The molecule has 0 unspecified atom stereocenters. The second-order valence-electron chi connectivity index (χ2n) is 8.81. The van der Waals surface area contributed by atoms with Gasteiger partial charge in [0.05, 0.1) is 28.6 Å². The summed E-state index contributed by atoms with van der Waals surface area (Å²) < 4.78 is 0.837. The smallest absolute Gasteiger partial charge is 0.240 e. The number of amides is 2. The average Bonchev–Trinajstić information content (AvgIpc) is 3.32. The van der Waals surface area contributed by atoms with Crippen LogP contribution in [-0.2, 0) is 9.59 Å². The maximum Gasteiger partial charge on any atom is 0.240 e. The molecule has 2 saturated heterocycles. The summed E-state index contributed by atoms with van der Waals surface area (Å²) >= 11 is 15.8. The van der Waals surface area contributed by atoms with Crippen molar-refractivity contribution in [1.82, 2.24) is 4.90 Å². The number of imide groups is 1. The SMILES string of the molecule is O=C(c1ccc(Cl)cc1Cl)[C@@H]1[C@@H]2C(=O)N(c3ccc(Br)cc3)C(=O)[C@@H]2[C@H]2c3ccccc3C=CN12. The van der Waals surface area contributed by atoms with Gasteiger partial charge in [0, 0.05) is 21.3 Å². The molecule has 4 atom stereocenters. The molecule has 2 amide bonds. The fourth-order valence-corrected chi connectivity index (χ4v) is 6.32. The van der Waals surface area contributed by atoms with Gasteiger partial charge in [-0.2, -0.15) is 0 Å². The van der Waals surface area contributed by atoms with Crippen LogP contribution in [0.25, 0.3) is 6.08 Å². The molecule has 35 heavy (non-hydrogen) atoms. The monoisotopic (exact) mass is 566 g/mol. The lowest BCUT2D eigenvalue weighted by atomic mass is 9.83. The summed E-state index contributed by atoms with van der Waals surface area (Å²) in [6.07, 6.45) is 3.74.